The van der Waals surface area contributed by atoms with Gasteiger partial charge >= 0.3 is 0 Å². The molecule has 4 N–H and O–H groups in total. The number of halogens is 1. The van der Waals surface area contributed by atoms with E-state index in [1.807, 2.05) is 0 Å². The Hall–Kier alpha value is -0.880. The fourth-order valence-corrected chi connectivity index (χ4v) is 2.05. The molecule has 0 radical (unpaired) electrons. The Kier molecular flexibility index (Phi) is 5.64. The Morgan fingerprint density at radius 2 is 2.06 bits per heavy atom. The third-order valence-corrected chi connectivity index (χ3v) is 3.67. The lowest BCUT2D eigenvalue weighted by Gasteiger charge is -2.20. The Labute approximate surface area is 110 Å². The fraction of sp³-hybridized carbons (Fsp3) is 0.636. The second-order valence-electron chi connectivity index (χ2n) is 3.95. The lowest BCUT2D eigenvalue weighted by atomic mass is 9.97. The molecule has 0 saturated carbocycles. The molecular formula is C11H19BrN4O. The highest BCUT2D eigenvalue weighted by atomic mass is 79.9. The maximum absolute atomic E-state index is 9.98. The van der Waals surface area contributed by atoms with Gasteiger partial charge in [-0.15, -0.1) is 0 Å². The van der Waals surface area contributed by atoms with Gasteiger partial charge in [0.1, 0.15) is 22.4 Å². The molecule has 0 aliphatic carbocycles. The number of nitrogens with one attached hydrogen (secondary N) is 1. The number of hydrogen-bond donors (Lipinski definition) is 3. The Morgan fingerprint density at radius 1 is 1.41 bits per heavy atom. The van der Waals surface area contributed by atoms with Gasteiger partial charge in [0.25, 0.3) is 0 Å². The molecule has 0 spiro atoms. The van der Waals surface area contributed by atoms with Crippen molar-refractivity contribution >= 4 is 27.6 Å². The van der Waals surface area contributed by atoms with Gasteiger partial charge in [-0.2, -0.15) is 0 Å². The van der Waals surface area contributed by atoms with Crippen molar-refractivity contribution in [1.82, 2.24) is 9.97 Å². The van der Waals surface area contributed by atoms with E-state index in [-0.39, 0.29) is 6.10 Å². The van der Waals surface area contributed by atoms with Crippen molar-refractivity contribution in [1.29, 1.82) is 0 Å². The molecule has 0 aliphatic rings. The van der Waals surface area contributed by atoms with Gasteiger partial charge < -0.3 is 16.2 Å². The molecule has 1 heterocycles. The van der Waals surface area contributed by atoms with Gasteiger partial charge in [0.2, 0.25) is 0 Å². The van der Waals surface area contributed by atoms with Crippen LogP contribution in [-0.2, 0) is 0 Å². The topological polar surface area (TPSA) is 84.1 Å². The first-order valence-electron chi connectivity index (χ1n) is 5.78. The zero-order valence-electron chi connectivity index (χ0n) is 10.2. The van der Waals surface area contributed by atoms with Crippen molar-refractivity contribution in [3.8, 4) is 0 Å². The largest absolute Gasteiger partial charge is 0.391 e. The van der Waals surface area contributed by atoms with Gasteiger partial charge in [-0.1, -0.05) is 26.7 Å². The molecule has 0 saturated heterocycles. The molecule has 0 bridgehead atoms. The average molecular weight is 303 g/mol. The van der Waals surface area contributed by atoms with Crippen LogP contribution in [-0.4, -0.2) is 27.7 Å². The zero-order valence-corrected chi connectivity index (χ0v) is 11.7. The van der Waals surface area contributed by atoms with E-state index in [2.05, 4.69) is 45.1 Å². The van der Waals surface area contributed by atoms with Gasteiger partial charge in [0.15, 0.2) is 0 Å². The number of nitrogen functional groups attached to an aromatic ring is 1. The minimum atomic E-state index is -0.381. The predicted molar refractivity (Wildman–Crippen MR) is 72.7 cm³/mol. The van der Waals surface area contributed by atoms with Crippen molar-refractivity contribution in [2.45, 2.75) is 32.8 Å². The number of rotatable bonds is 6. The molecule has 5 nitrogen and oxygen atoms in total. The highest BCUT2D eigenvalue weighted by Gasteiger charge is 2.16. The summed E-state index contributed by atoms with van der Waals surface area (Å²) < 4.78 is 0.636. The molecule has 0 aliphatic heterocycles. The summed E-state index contributed by atoms with van der Waals surface area (Å²) in [5.41, 5.74) is 5.64. The van der Waals surface area contributed by atoms with Gasteiger partial charge in [-0.3, -0.25) is 0 Å². The standard InChI is InChI=1S/C11H19BrN4O/c1-3-7(4-2)8(17)5-14-11-9(12)10(13)15-6-16-11/h6-8,17H,3-5H2,1-2H3,(H3,13,14,15,16). The molecule has 1 aromatic heterocycles. The maximum Gasteiger partial charge on any atom is 0.146 e. The minimum Gasteiger partial charge on any atom is -0.391 e. The zero-order chi connectivity index (χ0) is 12.8. The van der Waals surface area contributed by atoms with Gasteiger partial charge in [-0.05, 0) is 21.8 Å². The molecule has 0 fully saturated rings. The summed E-state index contributed by atoms with van der Waals surface area (Å²) in [4.78, 5) is 7.91. The van der Waals surface area contributed by atoms with Gasteiger partial charge in [0.05, 0.1) is 6.10 Å². The van der Waals surface area contributed by atoms with Crippen LogP contribution in [0.5, 0.6) is 0 Å². The SMILES string of the molecule is CCC(CC)C(O)CNc1ncnc(N)c1Br. The molecule has 17 heavy (non-hydrogen) atoms. The van der Waals surface area contributed by atoms with Crippen LogP contribution in [0, 0.1) is 5.92 Å². The number of hydrogen-bond acceptors (Lipinski definition) is 5. The number of anilines is 2. The first-order valence-corrected chi connectivity index (χ1v) is 6.57. The average Bonchev–Trinajstić information content (AvgIpc) is 2.32. The normalized spacial score (nSPS) is 12.8. The van der Waals surface area contributed by atoms with Crippen LogP contribution in [0.25, 0.3) is 0 Å². The van der Waals surface area contributed by atoms with E-state index in [9.17, 15) is 5.11 Å². The van der Waals surface area contributed by atoms with E-state index in [1.54, 1.807) is 0 Å². The van der Waals surface area contributed by atoms with Crippen LogP contribution in [0.15, 0.2) is 10.8 Å². The summed E-state index contributed by atoms with van der Waals surface area (Å²) in [7, 11) is 0. The van der Waals surface area contributed by atoms with Crippen molar-refractivity contribution < 1.29 is 5.11 Å². The monoisotopic (exact) mass is 302 g/mol. The summed E-state index contributed by atoms with van der Waals surface area (Å²) in [5.74, 6) is 1.31. The fourth-order valence-electron chi connectivity index (χ4n) is 1.71. The van der Waals surface area contributed by atoms with Crippen LogP contribution < -0.4 is 11.1 Å². The Bertz CT molecular complexity index is 357. The summed E-state index contributed by atoms with van der Waals surface area (Å²) in [6.07, 6.45) is 2.94. The smallest absolute Gasteiger partial charge is 0.146 e. The molecule has 1 aromatic rings. The highest BCUT2D eigenvalue weighted by Crippen LogP contribution is 2.24. The summed E-state index contributed by atoms with van der Waals surface area (Å²) in [5, 5.41) is 13.1. The second kappa shape index (κ2) is 6.76. The number of nitrogens with zero attached hydrogens (tertiary/aromatic N) is 2. The van der Waals surface area contributed by atoms with Crippen LogP contribution in [0.2, 0.25) is 0 Å². The molecule has 1 unspecified atom stereocenters. The van der Waals surface area contributed by atoms with Crippen LogP contribution in [0.3, 0.4) is 0 Å². The van der Waals surface area contributed by atoms with Crippen LogP contribution >= 0.6 is 15.9 Å². The Balaban J connectivity index is 2.58. The summed E-state index contributed by atoms with van der Waals surface area (Å²) in [6.45, 7) is 4.62. The van der Waals surface area contributed by atoms with Crippen LogP contribution in [0.1, 0.15) is 26.7 Å². The maximum atomic E-state index is 9.98. The van der Waals surface area contributed by atoms with E-state index in [0.717, 1.165) is 12.8 Å². The van der Waals surface area contributed by atoms with Gasteiger partial charge in [-0.25, -0.2) is 9.97 Å². The van der Waals surface area contributed by atoms with E-state index in [4.69, 9.17) is 5.73 Å². The lowest BCUT2D eigenvalue weighted by molar-refractivity contribution is 0.114. The molecule has 1 atom stereocenters. The van der Waals surface area contributed by atoms with E-state index in [1.165, 1.54) is 6.33 Å². The molecule has 0 aromatic carbocycles. The molecule has 1 rings (SSSR count). The third-order valence-electron chi connectivity index (χ3n) is 2.89. The number of aromatic nitrogens is 2. The quantitative estimate of drug-likeness (QED) is 0.749. The first kappa shape index (κ1) is 14.2. The first-order chi connectivity index (χ1) is 8.10. The Morgan fingerprint density at radius 3 is 2.65 bits per heavy atom. The van der Waals surface area contributed by atoms with E-state index < -0.39 is 0 Å². The number of aliphatic hydroxyl groups excluding tert-OH is 1. The van der Waals surface area contributed by atoms with E-state index >= 15 is 0 Å². The van der Waals surface area contributed by atoms with Crippen LogP contribution in [0.4, 0.5) is 11.6 Å². The summed E-state index contributed by atoms with van der Waals surface area (Å²) >= 11 is 3.31. The number of aliphatic hydroxyl groups is 1. The van der Waals surface area contributed by atoms with Crippen molar-refractivity contribution in [2.75, 3.05) is 17.6 Å². The van der Waals surface area contributed by atoms with Crippen molar-refractivity contribution in [3.63, 3.8) is 0 Å². The molecule has 6 heteroatoms. The summed E-state index contributed by atoms with van der Waals surface area (Å²) in [6, 6.07) is 0. The minimum absolute atomic E-state index is 0.306. The van der Waals surface area contributed by atoms with Crippen molar-refractivity contribution in [3.05, 3.63) is 10.8 Å². The highest BCUT2D eigenvalue weighted by molar-refractivity contribution is 9.10. The van der Waals surface area contributed by atoms with E-state index in [0.29, 0.717) is 28.6 Å². The molecule has 96 valence electrons. The molecule has 0 amide bonds. The second-order valence-corrected chi connectivity index (χ2v) is 4.74. The number of nitrogens with two attached hydrogens (primary N) is 1. The lowest BCUT2D eigenvalue weighted by Crippen LogP contribution is -2.28. The van der Waals surface area contributed by atoms with Gasteiger partial charge in [0, 0.05) is 6.54 Å². The molecular weight excluding hydrogens is 284 g/mol. The predicted octanol–water partition coefficient (Wildman–Crippen LogP) is 2.03. The van der Waals surface area contributed by atoms with Crippen molar-refractivity contribution in [2.24, 2.45) is 5.92 Å². The third kappa shape index (κ3) is 3.81.